The van der Waals surface area contributed by atoms with E-state index in [1.165, 1.54) is 17.3 Å². The Balaban J connectivity index is 1.20. The maximum Gasteiger partial charge on any atom is 0.271 e. The monoisotopic (exact) mass is 421 g/mol. The van der Waals surface area contributed by atoms with Crippen LogP contribution < -0.4 is 10.6 Å². The SMILES string of the molecule is Cc1cnc(C(=O)N[C@@H]2CCC[C@@H]2C(=O)NCCCN2CCc3ccccc3C2)cn1. The van der Waals surface area contributed by atoms with Crippen LogP contribution in [0, 0.1) is 12.8 Å². The molecule has 1 fully saturated rings. The number of hydrogen-bond acceptors (Lipinski definition) is 5. The molecule has 164 valence electrons. The highest BCUT2D eigenvalue weighted by Gasteiger charge is 2.34. The van der Waals surface area contributed by atoms with Crippen LogP contribution >= 0.6 is 0 Å². The number of amides is 2. The summed E-state index contributed by atoms with van der Waals surface area (Å²) >= 11 is 0. The summed E-state index contributed by atoms with van der Waals surface area (Å²) < 4.78 is 0. The van der Waals surface area contributed by atoms with Crippen molar-refractivity contribution in [1.29, 1.82) is 0 Å². The Morgan fingerprint density at radius 3 is 2.77 bits per heavy atom. The van der Waals surface area contributed by atoms with Gasteiger partial charge in [-0.3, -0.25) is 19.5 Å². The molecule has 0 saturated heterocycles. The van der Waals surface area contributed by atoms with Gasteiger partial charge in [-0.1, -0.05) is 30.7 Å². The third-order valence-electron chi connectivity index (χ3n) is 6.34. The number of aryl methyl sites for hydroxylation is 1. The van der Waals surface area contributed by atoms with Crippen LogP contribution in [0.15, 0.2) is 36.7 Å². The van der Waals surface area contributed by atoms with Gasteiger partial charge in [0.2, 0.25) is 5.91 Å². The van der Waals surface area contributed by atoms with E-state index in [-0.39, 0.29) is 23.8 Å². The lowest BCUT2D eigenvalue weighted by Gasteiger charge is -2.28. The second-order valence-electron chi connectivity index (χ2n) is 8.60. The number of nitrogens with one attached hydrogen (secondary N) is 2. The fourth-order valence-corrected chi connectivity index (χ4v) is 4.59. The first kappa shape index (κ1) is 21.4. The number of rotatable bonds is 7. The molecule has 7 heteroatoms. The van der Waals surface area contributed by atoms with Gasteiger partial charge >= 0.3 is 0 Å². The summed E-state index contributed by atoms with van der Waals surface area (Å²) in [7, 11) is 0. The molecule has 1 aromatic heterocycles. The van der Waals surface area contributed by atoms with Crippen LogP contribution in [0.5, 0.6) is 0 Å². The van der Waals surface area contributed by atoms with Crippen molar-refractivity contribution in [3.8, 4) is 0 Å². The zero-order valence-electron chi connectivity index (χ0n) is 18.1. The van der Waals surface area contributed by atoms with E-state index in [0.717, 1.165) is 57.4 Å². The van der Waals surface area contributed by atoms with Gasteiger partial charge in [0, 0.05) is 38.4 Å². The lowest BCUT2D eigenvalue weighted by Crippen LogP contribution is -2.44. The second-order valence-corrected chi connectivity index (χ2v) is 8.60. The average Bonchev–Trinajstić information content (AvgIpc) is 3.25. The van der Waals surface area contributed by atoms with Gasteiger partial charge in [0.15, 0.2) is 0 Å². The zero-order chi connectivity index (χ0) is 21.6. The largest absolute Gasteiger partial charge is 0.356 e. The van der Waals surface area contributed by atoms with E-state index in [9.17, 15) is 9.59 Å². The van der Waals surface area contributed by atoms with E-state index in [0.29, 0.717) is 12.2 Å². The smallest absolute Gasteiger partial charge is 0.271 e. The number of carbonyl (C=O) groups is 2. The Morgan fingerprint density at radius 2 is 1.97 bits per heavy atom. The molecule has 1 aliphatic carbocycles. The summed E-state index contributed by atoms with van der Waals surface area (Å²) in [4.78, 5) is 35.9. The van der Waals surface area contributed by atoms with Crippen molar-refractivity contribution >= 4 is 11.8 Å². The van der Waals surface area contributed by atoms with Crippen LogP contribution in [0.25, 0.3) is 0 Å². The maximum absolute atomic E-state index is 12.7. The normalized spacial score (nSPS) is 20.8. The van der Waals surface area contributed by atoms with Gasteiger partial charge in [-0.05, 0) is 43.7 Å². The van der Waals surface area contributed by atoms with Gasteiger partial charge < -0.3 is 10.6 Å². The topological polar surface area (TPSA) is 87.2 Å². The third kappa shape index (κ3) is 5.47. The number of aromatic nitrogens is 2. The summed E-state index contributed by atoms with van der Waals surface area (Å²) in [5, 5.41) is 6.08. The quantitative estimate of drug-likeness (QED) is 0.670. The lowest BCUT2D eigenvalue weighted by molar-refractivity contribution is -0.125. The van der Waals surface area contributed by atoms with Crippen molar-refractivity contribution in [2.45, 2.75) is 51.6 Å². The minimum Gasteiger partial charge on any atom is -0.356 e. The molecule has 2 heterocycles. The number of fused-ring (bicyclic) bond motifs is 1. The Kier molecular flexibility index (Phi) is 6.92. The van der Waals surface area contributed by atoms with Crippen molar-refractivity contribution in [2.24, 2.45) is 5.92 Å². The van der Waals surface area contributed by atoms with Crippen LogP contribution in [0.1, 0.15) is 53.0 Å². The molecule has 1 aromatic carbocycles. The van der Waals surface area contributed by atoms with Crippen molar-refractivity contribution < 1.29 is 9.59 Å². The fraction of sp³-hybridized carbons (Fsp3) is 0.500. The van der Waals surface area contributed by atoms with Crippen LogP contribution in [0.4, 0.5) is 0 Å². The molecule has 2 amide bonds. The maximum atomic E-state index is 12.7. The van der Waals surface area contributed by atoms with Crippen molar-refractivity contribution in [1.82, 2.24) is 25.5 Å². The first-order chi connectivity index (χ1) is 15.1. The molecule has 0 radical (unpaired) electrons. The molecule has 2 aliphatic rings. The van der Waals surface area contributed by atoms with Gasteiger partial charge in [0.1, 0.15) is 5.69 Å². The highest BCUT2D eigenvalue weighted by atomic mass is 16.2. The molecule has 1 aliphatic heterocycles. The molecule has 0 bridgehead atoms. The fourth-order valence-electron chi connectivity index (χ4n) is 4.59. The molecule has 2 N–H and O–H groups in total. The molecule has 2 atom stereocenters. The van der Waals surface area contributed by atoms with Gasteiger partial charge in [0.25, 0.3) is 5.91 Å². The van der Waals surface area contributed by atoms with E-state index < -0.39 is 0 Å². The summed E-state index contributed by atoms with van der Waals surface area (Å²) in [6, 6.07) is 8.49. The minimum atomic E-state index is -0.262. The van der Waals surface area contributed by atoms with E-state index in [1.54, 1.807) is 6.20 Å². The number of benzene rings is 1. The summed E-state index contributed by atoms with van der Waals surface area (Å²) in [5.74, 6) is -0.395. The predicted octanol–water partition coefficient (Wildman–Crippen LogP) is 2.25. The zero-order valence-corrected chi connectivity index (χ0v) is 18.1. The van der Waals surface area contributed by atoms with Gasteiger partial charge in [-0.15, -0.1) is 0 Å². The summed E-state index contributed by atoms with van der Waals surface area (Å²) in [6.45, 7) is 5.53. The Morgan fingerprint density at radius 1 is 1.13 bits per heavy atom. The van der Waals surface area contributed by atoms with Gasteiger partial charge in [0.05, 0.1) is 17.8 Å². The molecule has 1 saturated carbocycles. The highest BCUT2D eigenvalue weighted by molar-refractivity contribution is 5.92. The molecular formula is C24H31N5O2. The number of hydrogen-bond donors (Lipinski definition) is 2. The Labute approximate surface area is 183 Å². The van der Waals surface area contributed by atoms with E-state index >= 15 is 0 Å². The number of nitrogens with zero attached hydrogens (tertiary/aromatic N) is 3. The number of carbonyl (C=O) groups excluding carboxylic acids is 2. The highest BCUT2D eigenvalue weighted by Crippen LogP contribution is 2.26. The van der Waals surface area contributed by atoms with Gasteiger partial charge in [-0.25, -0.2) is 4.98 Å². The van der Waals surface area contributed by atoms with E-state index in [2.05, 4.69) is 49.8 Å². The molecule has 31 heavy (non-hydrogen) atoms. The summed E-state index contributed by atoms with van der Waals surface area (Å²) in [6.07, 6.45) is 7.64. The predicted molar refractivity (Wildman–Crippen MR) is 118 cm³/mol. The molecule has 2 aromatic rings. The third-order valence-corrected chi connectivity index (χ3v) is 6.34. The lowest BCUT2D eigenvalue weighted by atomic mass is 10.00. The van der Waals surface area contributed by atoms with Crippen LogP contribution in [-0.2, 0) is 17.8 Å². The molecule has 4 rings (SSSR count). The van der Waals surface area contributed by atoms with Crippen molar-refractivity contribution in [3.05, 3.63) is 59.2 Å². The summed E-state index contributed by atoms with van der Waals surface area (Å²) in [5.41, 5.74) is 3.93. The molecule has 7 nitrogen and oxygen atoms in total. The Bertz CT molecular complexity index is 914. The standard InChI is InChI=1S/C24H31N5O2/c1-17-14-27-22(15-26-17)24(31)28-21-9-4-8-20(21)23(30)25-11-5-12-29-13-10-18-6-2-3-7-19(18)16-29/h2-3,6-7,14-15,20-21H,4-5,8-13,16H2,1H3,(H,25,30)(H,28,31)/t20-,21+/m0/s1. The Hall–Kier alpha value is -2.80. The van der Waals surface area contributed by atoms with Crippen LogP contribution in [0.3, 0.4) is 0 Å². The molecule has 0 unspecified atom stereocenters. The first-order valence-corrected chi connectivity index (χ1v) is 11.3. The minimum absolute atomic E-state index is 0.0433. The molecule has 0 spiro atoms. The van der Waals surface area contributed by atoms with E-state index in [1.807, 2.05) is 6.92 Å². The average molecular weight is 422 g/mol. The van der Waals surface area contributed by atoms with Crippen molar-refractivity contribution in [3.63, 3.8) is 0 Å². The van der Waals surface area contributed by atoms with Crippen LogP contribution in [-0.4, -0.2) is 52.4 Å². The van der Waals surface area contributed by atoms with Crippen molar-refractivity contribution in [2.75, 3.05) is 19.6 Å². The van der Waals surface area contributed by atoms with E-state index in [4.69, 9.17) is 0 Å². The molecular weight excluding hydrogens is 390 g/mol. The van der Waals surface area contributed by atoms with Crippen LogP contribution in [0.2, 0.25) is 0 Å². The first-order valence-electron chi connectivity index (χ1n) is 11.3. The second kappa shape index (κ2) is 10.0. The van der Waals surface area contributed by atoms with Gasteiger partial charge in [-0.2, -0.15) is 0 Å².